The molecule has 7 nitrogen and oxygen atoms in total. The van der Waals surface area contributed by atoms with E-state index in [1.807, 2.05) is 6.07 Å². The first kappa shape index (κ1) is 18.5. The summed E-state index contributed by atoms with van der Waals surface area (Å²) in [5, 5.41) is 11.0. The summed E-state index contributed by atoms with van der Waals surface area (Å²) in [5.74, 6) is 2.44. The number of carbonyl (C=O) groups is 1. The van der Waals surface area contributed by atoms with Crippen LogP contribution in [0.15, 0.2) is 28.6 Å². The third-order valence-electron chi connectivity index (χ3n) is 5.05. The average Bonchev–Trinajstić information content (AvgIpc) is 3.47. The van der Waals surface area contributed by atoms with Crippen LogP contribution in [0.3, 0.4) is 0 Å². The summed E-state index contributed by atoms with van der Waals surface area (Å²) in [5.41, 5.74) is 0.555. The summed E-state index contributed by atoms with van der Waals surface area (Å²) < 4.78 is 11.1. The van der Waals surface area contributed by atoms with Gasteiger partial charge >= 0.3 is 0 Å². The second kappa shape index (κ2) is 7.94. The van der Waals surface area contributed by atoms with Gasteiger partial charge in [-0.05, 0) is 12.1 Å². The topological polar surface area (TPSA) is 85.2 Å². The summed E-state index contributed by atoms with van der Waals surface area (Å²) in [7, 11) is 1.69. The molecule has 26 heavy (non-hydrogen) atoms. The number of terminal acetylenes is 1. The van der Waals surface area contributed by atoms with E-state index in [0.717, 1.165) is 25.0 Å². The van der Waals surface area contributed by atoms with Gasteiger partial charge in [0.15, 0.2) is 5.66 Å². The van der Waals surface area contributed by atoms with E-state index in [9.17, 15) is 4.79 Å². The van der Waals surface area contributed by atoms with Crippen LogP contribution in [0.4, 0.5) is 0 Å². The maximum atomic E-state index is 12.3. The zero-order valence-electron chi connectivity index (χ0n) is 15.0. The molecule has 1 N–H and O–H groups in total. The minimum atomic E-state index is -0.425. The predicted molar refractivity (Wildman–Crippen MR) is 95.6 cm³/mol. The summed E-state index contributed by atoms with van der Waals surface area (Å²) in [6, 6.07) is 3.65. The molecule has 138 valence electrons. The SMILES string of the molecule is C#CCCC1(CCNC(=O)c2ccc(C3(OC)CCOCC3)nc2)N=N1. The predicted octanol–water partition coefficient (Wildman–Crippen LogP) is 2.43. The van der Waals surface area contributed by atoms with Gasteiger partial charge in [-0.15, -0.1) is 12.3 Å². The second-order valence-electron chi connectivity index (χ2n) is 6.64. The van der Waals surface area contributed by atoms with Crippen molar-refractivity contribution in [1.82, 2.24) is 10.3 Å². The van der Waals surface area contributed by atoms with Crippen molar-refractivity contribution in [2.75, 3.05) is 26.9 Å². The van der Waals surface area contributed by atoms with E-state index in [1.165, 1.54) is 0 Å². The van der Waals surface area contributed by atoms with E-state index < -0.39 is 5.60 Å². The van der Waals surface area contributed by atoms with Crippen LogP contribution in [0.1, 0.15) is 48.2 Å². The first-order valence-electron chi connectivity index (χ1n) is 8.88. The minimum Gasteiger partial charge on any atom is -0.381 e. The third-order valence-corrected chi connectivity index (χ3v) is 5.05. The smallest absolute Gasteiger partial charge is 0.252 e. The fraction of sp³-hybridized carbons (Fsp3) is 0.579. The Kier molecular flexibility index (Phi) is 5.64. The van der Waals surface area contributed by atoms with E-state index in [2.05, 4.69) is 26.4 Å². The van der Waals surface area contributed by atoms with E-state index >= 15 is 0 Å². The molecule has 3 rings (SSSR count). The highest BCUT2D eigenvalue weighted by Crippen LogP contribution is 2.36. The van der Waals surface area contributed by atoms with Crippen LogP contribution in [0, 0.1) is 12.3 Å². The Morgan fingerprint density at radius 3 is 2.69 bits per heavy atom. The highest BCUT2D eigenvalue weighted by atomic mass is 16.5. The second-order valence-corrected chi connectivity index (χ2v) is 6.64. The largest absolute Gasteiger partial charge is 0.381 e. The Bertz CT molecular complexity index is 696. The van der Waals surface area contributed by atoms with Gasteiger partial charge in [0.25, 0.3) is 5.91 Å². The lowest BCUT2D eigenvalue weighted by Gasteiger charge is -2.35. The maximum absolute atomic E-state index is 12.3. The molecule has 1 aromatic rings. The Hall–Kier alpha value is -2.30. The van der Waals surface area contributed by atoms with Crippen molar-refractivity contribution in [1.29, 1.82) is 0 Å². The fourth-order valence-electron chi connectivity index (χ4n) is 3.21. The number of carbonyl (C=O) groups excluding carboxylic acids is 1. The molecule has 1 fully saturated rings. The summed E-state index contributed by atoms with van der Waals surface area (Å²) in [4.78, 5) is 16.8. The van der Waals surface area contributed by atoms with Crippen LogP contribution in [0.2, 0.25) is 0 Å². The van der Waals surface area contributed by atoms with Crippen LogP contribution in [0.25, 0.3) is 0 Å². The van der Waals surface area contributed by atoms with Crippen LogP contribution >= 0.6 is 0 Å². The van der Waals surface area contributed by atoms with Crippen molar-refractivity contribution in [2.24, 2.45) is 10.2 Å². The third kappa shape index (κ3) is 4.09. The van der Waals surface area contributed by atoms with Gasteiger partial charge < -0.3 is 14.8 Å². The van der Waals surface area contributed by atoms with Gasteiger partial charge in [-0.1, -0.05) is 0 Å². The van der Waals surface area contributed by atoms with Gasteiger partial charge in [-0.3, -0.25) is 9.78 Å². The number of nitrogens with zero attached hydrogens (tertiary/aromatic N) is 3. The zero-order chi connectivity index (χ0) is 18.5. The standard InChI is InChI=1S/C19H24N4O3/c1-3-4-7-19(22-23-19)8-11-20-17(24)15-5-6-16(21-14-15)18(25-2)9-12-26-13-10-18/h1,5-6,14H,4,7-13H2,2H3,(H,20,24). The number of hydrogen-bond donors (Lipinski definition) is 1. The van der Waals surface area contributed by atoms with Gasteiger partial charge in [0.1, 0.15) is 5.60 Å². The Labute approximate surface area is 153 Å². The highest BCUT2D eigenvalue weighted by Gasteiger charge is 2.39. The van der Waals surface area contributed by atoms with E-state index in [0.29, 0.717) is 38.2 Å². The molecule has 0 saturated carbocycles. The first-order chi connectivity index (χ1) is 12.6. The quantitative estimate of drug-likeness (QED) is 0.725. The molecule has 0 atom stereocenters. The molecule has 1 saturated heterocycles. The van der Waals surface area contributed by atoms with E-state index in [-0.39, 0.29) is 11.6 Å². The van der Waals surface area contributed by atoms with Gasteiger partial charge in [-0.2, -0.15) is 10.2 Å². The molecule has 0 spiro atoms. The maximum Gasteiger partial charge on any atom is 0.252 e. The van der Waals surface area contributed by atoms with Crippen molar-refractivity contribution < 1.29 is 14.3 Å². The number of hydrogen-bond acceptors (Lipinski definition) is 6. The Morgan fingerprint density at radius 2 is 2.12 bits per heavy atom. The van der Waals surface area contributed by atoms with Gasteiger partial charge in [0, 0.05) is 65.2 Å². The van der Waals surface area contributed by atoms with Crippen molar-refractivity contribution in [3.05, 3.63) is 29.6 Å². The van der Waals surface area contributed by atoms with Crippen LogP contribution < -0.4 is 5.32 Å². The molecule has 0 unspecified atom stereocenters. The number of rotatable bonds is 8. The number of nitrogens with one attached hydrogen (secondary N) is 1. The molecule has 0 bridgehead atoms. The van der Waals surface area contributed by atoms with Crippen LogP contribution in [-0.4, -0.2) is 43.4 Å². The zero-order valence-corrected chi connectivity index (χ0v) is 15.0. The van der Waals surface area contributed by atoms with Gasteiger partial charge in [-0.25, -0.2) is 0 Å². The molecule has 1 aromatic heterocycles. The highest BCUT2D eigenvalue weighted by molar-refractivity contribution is 5.93. The molecular formula is C19H24N4O3. The Morgan fingerprint density at radius 1 is 1.35 bits per heavy atom. The van der Waals surface area contributed by atoms with Crippen molar-refractivity contribution >= 4 is 5.91 Å². The molecule has 0 aromatic carbocycles. The minimum absolute atomic E-state index is 0.157. The first-order valence-corrected chi connectivity index (χ1v) is 8.88. The molecule has 2 aliphatic heterocycles. The molecule has 0 aliphatic carbocycles. The average molecular weight is 356 g/mol. The molecule has 2 aliphatic rings. The van der Waals surface area contributed by atoms with Gasteiger partial charge in [0.05, 0.1) is 11.3 Å². The van der Waals surface area contributed by atoms with Crippen molar-refractivity contribution in [3.63, 3.8) is 0 Å². The lowest BCUT2D eigenvalue weighted by Crippen LogP contribution is -2.36. The van der Waals surface area contributed by atoms with E-state index in [4.69, 9.17) is 15.9 Å². The molecule has 0 radical (unpaired) electrons. The molecular weight excluding hydrogens is 332 g/mol. The summed E-state index contributed by atoms with van der Waals surface area (Å²) >= 11 is 0. The number of aromatic nitrogens is 1. The van der Waals surface area contributed by atoms with Crippen molar-refractivity contribution in [2.45, 2.75) is 43.4 Å². The summed E-state index contributed by atoms with van der Waals surface area (Å²) in [6.07, 6.45) is 10.4. The number of amides is 1. The normalized spacial score (nSPS) is 19.5. The summed E-state index contributed by atoms with van der Waals surface area (Å²) in [6.45, 7) is 1.79. The van der Waals surface area contributed by atoms with Crippen LogP contribution in [-0.2, 0) is 15.1 Å². The number of pyridine rings is 1. The Balaban J connectivity index is 1.53. The molecule has 7 heteroatoms. The lowest BCUT2D eigenvalue weighted by molar-refractivity contribution is -0.0973. The monoisotopic (exact) mass is 356 g/mol. The van der Waals surface area contributed by atoms with Crippen LogP contribution in [0.5, 0.6) is 0 Å². The number of methoxy groups -OCH3 is 1. The lowest BCUT2D eigenvalue weighted by atomic mass is 9.89. The van der Waals surface area contributed by atoms with Crippen molar-refractivity contribution in [3.8, 4) is 12.3 Å². The fourth-order valence-corrected chi connectivity index (χ4v) is 3.21. The van der Waals surface area contributed by atoms with E-state index in [1.54, 1.807) is 19.4 Å². The molecule has 1 amide bonds. The molecule has 3 heterocycles. The number of ether oxygens (including phenoxy) is 2. The van der Waals surface area contributed by atoms with Gasteiger partial charge in [0.2, 0.25) is 0 Å².